The Labute approximate surface area is 140 Å². The summed E-state index contributed by atoms with van der Waals surface area (Å²) in [6.07, 6.45) is 2.55. The van der Waals surface area contributed by atoms with Crippen LogP contribution < -0.4 is 10.2 Å². The van der Waals surface area contributed by atoms with Crippen LogP contribution in [0.3, 0.4) is 0 Å². The Balaban J connectivity index is 1.81. The molecule has 1 aromatic heterocycles. The maximum Gasteiger partial charge on any atom is 0.136 e. The number of aryl methyl sites for hydroxylation is 1. The van der Waals surface area contributed by atoms with Gasteiger partial charge in [0.1, 0.15) is 17.5 Å². The number of rotatable bonds is 3. The fourth-order valence-corrected chi connectivity index (χ4v) is 3.12. The maximum absolute atomic E-state index is 4.62. The smallest absolute Gasteiger partial charge is 0.136 e. The summed E-state index contributed by atoms with van der Waals surface area (Å²) in [5, 5.41) is 3.36. The molecule has 1 fully saturated rings. The minimum Gasteiger partial charge on any atom is -0.356 e. The van der Waals surface area contributed by atoms with Crippen molar-refractivity contribution in [3.05, 3.63) is 40.6 Å². The van der Waals surface area contributed by atoms with E-state index in [2.05, 4.69) is 43.0 Å². The normalized spacial score (nSPS) is 18.3. The maximum atomic E-state index is 4.62. The van der Waals surface area contributed by atoms with Crippen molar-refractivity contribution in [3.63, 3.8) is 0 Å². The number of piperidine rings is 1. The Bertz CT molecular complexity index is 642. The summed E-state index contributed by atoms with van der Waals surface area (Å²) in [4.78, 5) is 11.5. The highest BCUT2D eigenvalue weighted by Crippen LogP contribution is 2.25. The average Bonchev–Trinajstić information content (AvgIpc) is 2.49. The van der Waals surface area contributed by atoms with Crippen molar-refractivity contribution in [2.24, 2.45) is 5.92 Å². The van der Waals surface area contributed by atoms with E-state index in [4.69, 9.17) is 0 Å². The van der Waals surface area contributed by atoms with Gasteiger partial charge < -0.3 is 10.2 Å². The number of benzene rings is 1. The van der Waals surface area contributed by atoms with Crippen LogP contribution in [0.2, 0.25) is 0 Å². The lowest BCUT2D eigenvalue weighted by atomic mass is 10.0. The fraction of sp³-hybridized carbons (Fsp3) is 0.412. The molecule has 0 bridgehead atoms. The summed E-state index contributed by atoms with van der Waals surface area (Å²) in [7, 11) is 0. The Morgan fingerprint density at radius 3 is 2.73 bits per heavy atom. The van der Waals surface area contributed by atoms with Crippen LogP contribution >= 0.6 is 15.9 Å². The molecule has 22 heavy (non-hydrogen) atoms. The molecule has 0 aliphatic carbocycles. The number of halogens is 1. The summed E-state index contributed by atoms with van der Waals surface area (Å²) in [6.45, 7) is 6.41. The zero-order valence-electron chi connectivity index (χ0n) is 13.0. The first-order valence-corrected chi connectivity index (χ1v) is 8.53. The summed E-state index contributed by atoms with van der Waals surface area (Å²) >= 11 is 3.45. The Morgan fingerprint density at radius 2 is 2.00 bits per heavy atom. The van der Waals surface area contributed by atoms with Gasteiger partial charge in [0.15, 0.2) is 0 Å². The molecule has 5 heteroatoms. The second-order valence-electron chi connectivity index (χ2n) is 5.98. The van der Waals surface area contributed by atoms with Gasteiger partial charge in [-0.15, -0.1) is 0 Å². The van der Waals surface area contributed by atoms with E-state index in [0.717, 1.165) is 46.6 Å². The lowest BCUT2D eigenvalue weighted by Crippen LogP contribution is -2.35. The molecule has 0 spiro atoms. The summed E-state index contributed by atoms with van der Waals surface area (Å²) in [5.74, 6) is 3.41. The molecule has 1 aromatic carbocycles. The molecule has 1 aliphatic rings. The summed E-state index contributed by atoms with van der Waals surface area (Å²) < 4.78 is 1.07. The van der Waals surface area contributed by atoms with Crippen molar-refractivity contribution >= 4 is 33.3 Å². The minimum atomic E-state index is 0.729. The van der Waals surface area contributed by atoms with Crippen LogP contribution in [0.1, 0.15) is 25.6 Å². The van der Waals surface area contributed by atoms with Crippen molar-refractivity contribution in [1.29, 1.82) is 0 Å². The standard InChI is InChI=1S/C17H21BrN4/c1-12-4-3-9-22(11-12)17-10-16(19-13(2)20-17)21-15-7-5-14(18)6-8-15/h5-8,10,12H,3-4,9,11H2,1-2H3,(H,19,20,21). The van der Waals surface area contributed by atoms with Crippen molar-refractivity contribution in [2.75, 3.05) is 23.3 Å². The largest absolute Gasteiger partial charge is 0.356 e. The lowest BCUT2D eigenvalue weighted by Gasteiger charge is -2.32. The molecule has 0 amide bonds. The van der Waals surface area contributed by atoms with Gasteiger partial charge in [0.2, 0.25) is 0 Å². The van der Waals surface area contributed by atoms with Gasteiger partial charge in [0, 0.05) is 29.3 Å². The molecule has 1 aliphatic heterocycles. The quantitative estimate of drug-likeness (QED) is 0.872. The minimum absolute atomic E-state index is 0.729. The van der Waals surface area contributed by atoms with E-state index in [1.165, 1.54) is 12.8 Å². The van der Waals surface area contributed by atoms with Crippen LogP contribution in [-0.4, -0.2) is 23.1 Å². The molecule has 0 saturated carbocycles. The molecule has 1 N–H and O–H groups in total. The van der Waals surface area contributed by atoms with Gasteiger partial charge in [-0.25, -0.2) is 9.97 Å². The molecule has 1 saturated heterocycles. The topological polar surface area (TPSA) is 41.1 Å². The predicted molar refractivity (Wildman–Crippen MR) is 94.8 cm³/mol. The second-order valence-corrected chi connectivity index (χ2v) is 6.90. The third-order valence-corrected chi connectivity index (χ3v) is 4.45. The third kappa shape index (κ3) is 3.77. The van der Waals surface area contributed by atoms with E-state index in [9.17, 15) is 0 Å². The van der Waals surface area contributed by atoms with Crippen molar-refractivity contribution in [3.8, 4) is 0 Å². The van der Waals surface area contributed by atoms with Crippen LogP contribution in [-0.2, 0) is 0 Å². The summed E-state index contributed by atoms with van der Waals surface area (Å²) in [5.41, 5.74) is 1.03. The lowest BCUT2D eigenvalue weighted by molar-refractivity contribution is 0.444. The van der Waals surface area contributed by atoms with E-state index in [1.807, 2.05) is 37.3 Å². The molecule has 3 rings (SSSR count). The Kier molecular flexibility index (Phi) is 4.62. The van der Waals surface area contributed by atoms with Gasteiger partial charge in [0.05, 0.1) is 0 Å². The van der Waals surface area contributed by atoms with Gasteiger partial charge in [-0.3, -0.25) is 0 Å². The molecule has 2 aromatic rings. The van der Waals surface area contributed by atoms with E-state index in [0.29, 0.717) is 0 Å². The van der Waals surface area contributed by atoms with Gasteiger partial charge in [0.25, 0.3) is 0 Å². The monoisotopic (exact) mass is 360 g/mol. The van der Waals surface area contributed by atoms with Crippen LogP contribution in [0.15, 0.2) is 34.8 Å². The molecule has 116 valence electrons. The molecule has 4 nitrogen and oxygen atoms in total. The number of aromatic nitrogens is 2. The molecular formula is C17H21BrN4. The van der Waals surface area contributed by atoms with E-state index >= 15 is 0 Å². The average molecular weight is 361 g/mol. The highest BCUT2D eigenvalue weighted by atomic mass is 79.9. The van der Waals surface area contributed by atoms with E-state index in [-0.39, 0.29) is 0 Å². The number of hydrogen-bond acceptors (Lipinski definition) is 4. The van der Waals surface area contributed by atoms with Crippen molar-refractivity contribution < 1.29 is 0 Å². The van der Waals surface area contributed by atoms with Crippen molar-refractivity contribution in [1.82, 2.24) is 9.97 Å². The van der Waals surface area contributed by atoms with Crippen molar-refractivity contribution in [2.45, 2.75) is 26.7 Å². The second kappa shape index (κ2) is 6.65. The Hall–Kier alpha value is -1.62. The van der Waals surface area contributed by atoms with Crippen LogP contribution in [0.25, 0.3) is 0 Å². The zero-order valence-corrected chi connectivity index (χ0v) is 14.6. The summed E-state index contributed by atoms with van der Waals surface area (Å²) in [6, 6.07) is 10.1. The fourth-order valence-electron chi connectivity index (χ4n) is 2.86. The number of nitrogens with zero attached hydrogens (tertiary/aromatic N) is 3. The third-order valence-electron chi connectivity index (χ3n) is 3.92. The SMILES string of the molecule is Cc1nc(Nc2ccc(Br)cc2)cc(N2CCCC(C)C2)n1. The molecule has 1 unspecified atom stereocenters. The molecular weight excluding hydrogens is 340 g/mol. The van der Waals surface area contributed by atoms with Gasteiger partial charge in [-0.05, 0) is 49.9 Å². The molecule has 2 heterocycles. The Morgan fingerprint density at radius 1 is 1.23 bits per heavy atom. The highest BCUT2D eigenvalue weighted by molar-refractivity contribution is 9.10. The number of nitrogens with one attached hydrogen (secondary N) is 1. The van der Waals surface area contributed by atoms with Gasteiger partial charge in [-0.1, -0.05) is 22.9 Å². The number of anilines is 3. The molecule has 0 radical (unpaired) electrons. The van der Waals surface area contributed by atoms with Crippen LogP contribution in [0.5, 0.6) is 0 Å². The van der Waals surface area contributed by atoms with Gasteiger partial charge >= 0.3 is 0 Å². The first-order valence-electron chi connectivity index (χ1n) is 7.73. The predicted octanol–water partition coefficient (Wildman–Crippen LogP) is 4.53. The zero-order chi connectivity index (χ0) is 15.5. The first kappa shape index (κ1) is 15.3. The highest BCUT2D eigenvalue weighted by Gasteiger charge is 2.18. The molecule has 1 atom stereocenters. The van der Waals surface area contributed by atoms with E-state index in [1.54, 1.807) is 0 Å². The van der Waals surface area contributed by atoms with Crippen LogP contribution in [0.4, 0.5) is 17.3 Å². The number of hydrogen-bond donors (Lipinski definition) is 1. The van der Waals surface area contributed by atoms with Crippen LogP contribution in [0, 0.1) is 12.8 Å². The first-order chi connectivity index (χ1) is 10.6. The van der Waals surface area contributed by atoms with Gasteiger partial charge in [-0.2, -0.15) is 0 Å². The van der Waals surface area contributed by atoms with E-state index < -0.39 is 0 Å².